The van der Waals surface area contributed by atoms with Crippen molar-refractivity contribution in [1.82, 2.24) is 9.88 Å². The zero-order valence-corrected chi connectivity index (χ0v) is 16.4. The largest absolute Gasteiger partial charge is 0.483 e. The SMILES string of the molecule is CC(Oc1ccc(Cc2ncc(C(F)(F)F)cc2Cl)cc1)C(=O)/C=C/N(C)C. The number of aromatic nitrogens is 1. The second-order valence-corrected chi connectivity index (χ2v) is 6.82. The summed E-state index contributed by atoms with van der Waals surface area (Å²) in [7, 11) is 3.62. The average Bonchev–Trinajstić information content (AvgIpc) is 2.62. The molecule has 0 amide bonds. The fourth-order valence-electron chi connectivity index (χ4n) is 2.25. The van der Waals surface area contributed by atoms with Crippen LogP contribution in [0.1, 0.15) is 23.7 Å². The van der Waals surface area contributed by atoms with E-state index in [9.17, 15) is 18.0 Å². The van der Waals surface area contributed by atoms with Gasteiger partial charge in [-0.25, -0.2) is 0 Å². The molecule has 1 aromatic heterocycles. The fourth-order valence-corrected chi connectivity index (χ4v) is 2.48. The van der Waals surface area contributed by atoms with Crippen LogP contribution in [0.15, 0.2) is 48.8 Å². The molecule has 1 heterocycles. The second-order valence-electron chi connectivity index (χ2n) is 6.41. The van der Waals surface area contributed by atoms with Gasteiger partial charge in [0.1, 0.15) is 5.75 Å². The quantitative estimate of drug-likeness (QED) is 0.615. The maximum absolute atomic E-state index is 12.7. The van der Waals surface area contributed by atoms with Crippen molar-refractivity contribution in [3.05, 3.63) is 70.6 Å². The number of rotatable bonds is 7. The first-order valence-corrected chi connectivity index (χ1v) is 8.79. The summed E-state index contributed by atoms with van der Waals surface area (Å²) in [6.07, 6.45) is -0.995. The Bertz CT molecular complexity index is 850. The van der Waals surface area contributed by atoms with Crippen LogP contribution in [0.25, 0.3) is 0 Å². The van der Waals surface area contributed by atoms with Crippen molar-refractivity contribution in [3.8, 4) is 5.75 Å². The lowest BCUT2D eigenvalue weighted by Crippen LogP contribution is -2.22. The van der Waals surface area contributed by atoms with E-state index in [0.29, 0.717) is 11.4 Å². The van der Waals surface area contributed by atoms with E-state index in [4.69, 9.17) is 16.3 Å². The summed E-state index contributed by atoms with van der Waals surface area (Å²) in [4.78, 5) is 17.5. The number of carbonyl (C=O) groups is 1. The third-order valence-corrected chi connectivity index (χ3v) is 4.12. The molecule has 1 unspecified atom stereocenters. The van der Waals surface area contributed by atoms with Gasteiger partial charge in [-0.3, -0.25) is 9.78 Å². The van der Waals surface area contributed by atoms with Gasteiger partial charge in [-0.05, 0) is 30.7 Å². The summed E-state index contributed by atoms with van der Waals surface area (Å²) >= 11 is 5.94. The van der Waals surface area contributed by atoms with Crippen LogP contribution in [0.4, 0.5) is 13.2 Å². The lowest BCUT2D eigenvalue weighted by atomic mass is 10.1. The molecule has 0 fully saturated rings. The summed E-state index contributed by atoms with van der Waals surface area (Å²) in [6, 6.07) is 7.74. The van der Waals surface area contributed by atoms with Crippen molar-refractivity contribution in [2.24, 2.45) is 0 Å². The van der Waals surface area contributed by atoms with Crippen LogP contribution >= 0.6 is 11.6 Å². The minimum Gasteiger partial charge on any atom is -0.483 e. The highest BCUT2D eigenvalue weighted by atomic mass is 35.5. The standard InChI is InChI=1S/C20H20ClF3N2O2/c1-13(19(27)8-9-26(2)3)28-16-6-4-14(5-7-16)10-18-17(21)11-15(12-25-18)20(22,23)24/h4-9,11-13H,10H2,1-3H3/b9-8+. The number of ketones is 1. The summed E-state index contributed by atoms with van der Waals surface area (Å²) in [5.41, 5.74) is 0.265. The lowest BCUT2D eigenvalue weighted by molar-refractivity contribution is -0.137. The molecule has 0 aliphatic heterocycles. The molecule has 0 radical (unpaired) electrons. The third-order valence-electron chi connectivity index (χ3n) is 3.79. The highest BCUT2D eigenvalue weighted by Crippen LogP contribution is 2.31. The van der Waals surface area contributed by atoms with Crippen molar-refractivity contribution in [1.29, 1.82) is 0 Å². The molecule has 2 aromatic rings. The Morgan fingerprint density at radius 1 is 1.29 bits per heavy atom. The van der Waals surface area contributed by atoms with Gasteiger partial charge in [0.2, 0.25) is 0 Å². The van der Waals surface area contributed by atoms with Crippen molar-refractivity contribution in [2.45, 2.75) is 25.6 Å². The van der Waals surface area contributed by atoms with E-state index in [2.05, 4.69) is 4.98 Å². The predicted molar refractivity (Wildman–Crippen MR) is 101 cm³/mol. The first kappa shape index (κ1) is 21.8. The van der Waals surface area contributed by atoms with Gasteiger partial charge in [0.05, 0.1) is 16.3 Å². The molecule has 0 saturated carbocycles. The van der Waals surface area contributed by atoms with Gasteiger partial charge in [0, 0.05) is 39.0 Å². The number of nitrogens with zero attached hydrogens (tertiary/aromatic N) is 2. The van der Waals surface area contributed by atoms with E-state index >= 15 is 0 Å². The Morgan fingerprint density at radius 3 is 2.46 bits per heavy atom. The third kappa shape index (κ3) is 6.27. The van der Waals surface area contributed by atoms with Crippen LogP contribution < -0.4 is 4.74 Å². The molecule has 0 aliphatic rings. The molecular weight excluding hydrogens is 393 g/mol. The molecule has 0 saturated heterocycles. The van der Waals surface area contributed by atoms with Gasteiger partial charge < -0.3 is 9.64 Å². The number of hydrogen-bond donors (Lipinski definition) is 0. The Balaban J connectivity index is 2.02. The topological polar surface area (TPSA) is 42.4 Å². The zero-order chi connectivity index (χ0) is 20.9. The number of alkyl halides is 3. The fraction of sp³-hybridized carbons (Fsp3) is 0.300. The molecule has 8 heteroatoms. The Hall–Kier alpha value is -2.54. The van der Waals surface area contributed by atoms with E-state index in [0.717, 1.165) is 17.8 Å². The summed E-state index contributed by atoms with van der Waals surface area (Å²) in [5, 5.41) is -0.0398. The normalized spacial score (nSPS) is 12.8. The van der Waals surface area contributed by atoms with Gasteiger partial charge in [-0.2, -0.15) is 13.2 Å². The average molecular weight is 413 g/mol. The van der Waals surface area contributed by atoms with E-state index < -0.39 is 17.8 Å². The smallest absolute Gasteiger partial charge is 0.417 e. The van der Waals surface area contributed by atoms with Crippen molar-refractivity contribution >= 4 is 17.4 Å². The summed E-state index contributed by atoms with van der Waals surface area (Å²) in [5.74, 6) is 0.341. The van der Waals surface area contributed by atoms with E-state index in [1.165, 1.54) is 6.08 Å². The highest BCUT2D eigenvalue weighted by Gasteiger charge is 2.31. The van der Waals surface area contributed by atoms with E-state index in [1.54, 1.807) is 42.3 Å². The maximum Gasteiger partial charge on any atom is 0.417 e. The van der Waals surface area contributed by atoms with Gasteiger partial charge in [-0.15, -0.1) is 0 Å². The Morgan fingerprint density at radius 2 is 1.93 bits per heavy atom. The number of pyridine rings is 1. The predicted octanol–water partition coefficient (Wildman–Crippen LogP) is 4.76. The minimum atomic E-state index is -4.48. The molecular formula is C20H20ClF3N2O2. The van der Waals surface area contributed by atoms with Gasteiger partial charge in [0.15, 0.2) is 11.9 Å². The molecule has 150 valence electrons. The number of halogens is 4. The van der Waals surface area contributed by atoms with Gasteiger partial charge in [-0.1, -0.05) is 23.7 Å². The van der Waals surface area contributed by atoms with Crippen LogP contribution in [0.5, 0.6) is 5.75 Å². The molecule has 4 nitrogen and oxygen atoms in total. The second kappa shape index (κ2) is 9.10. The number of benzene rings is 1. The van der Waals surface area contributed by atoms with E-state index in [-0.39, 0.29) is 17.2 Å². The van der Waals surface area contributed by atoms with Crippen molar-refractivity contribution in [3.63, 3.8) is 0 Å². The van der Waals surface area contributed by atoms with Gasteiger partial charge in [0.25, 0.3) is 0 Å². The molecule has 0 spiro atoms. The molecule has 1 atom stereocenters. The molecule has 0 aliphatic carbocycles. The Labute approximate surface area is 166 Å². The van der Waals surface area contributed by atoms with Crippen LogP contribution in [0, 0.1) is 0 Å². The molecule has 1 aromatic carbocycles. The lowest BCUT2D eigenvalue weighted by Gasteiger charge is -2.13. The van der Waals surface area contributed by atoms with E-state index in [1.807, 2.05) is 14.1 Å². The van der Waals surface area contributed by atoms with Crippen LogP contribution in [-0.2, 0) is 17.4 Å². The molecule has 0 bridgehead atoms. The zero-order valence-electron chi connectivity index (χ0n) is 15.6. The number of hydrogen-bond acceptors (Lipinski definition) is 4. The number of carbonyl (C=O) groups excluding carboxylic acids is 1. The highest BCUT2D eigenvalue weighted by molar-refractivity contribution is 6.31. The summed E-state index contributed by atoms with van der Waals surface area (Å²) in [6.45, 7) is 1.65. The molecule has 2 rings (SSSR count). The van der Waals surface area contributed by atoms with Crippen LogP contribution in [0.3, 0.4) is 0 Å². The van der Waals surface area contributed by atoms with Crippen LogP contribution in [-0.4, -0.2) is 35.9 Å². The Kier molecular flexibility index (Phi) is 7.07. The van der Waals surface area contributed by atoms with Crippen LogP contribution in [0.2, 0.25) is 5.02 Å². The summed E-state index contributed by atoms with van der Waals surface area (Å²) < 4.78 is 43.6. The molecule has 28 heavy (non-hydrogen) atoms. The first-order valence-electron chi connectivity index (χ1n) is 8.42. The number of ether oxygens (including phenoxy) is 1. The monoisotopic (exact) mass is 412 g/mol. The van der Waals surface area contributed by atoms with Crippen molar-refractivity contribution < 1.29 is 22.7 Å². The first-order chi connectivity index (χ1) is 13.1. The maximum atomic E-state index is 12.7. The van der Waals surface area contributed by atoms with Crippen molar-refractivity contribution in [2.75, 3.05) is 14.1 Å². The van der Waals surface area contributed by atoms with Gasteiger partial charge >= 0.3 is 6.18 Å². The minimum absolute atomic E-state index is 0.0398. The molecule has 0 N–H and O–H groups in total.